The number of morpholine rings is 1. The van der Waals surface area contributed by atoms with E-state index in [9.17, 15) is 4.79 Å². The lowest BCUT2D eigenvalue weighted by atomic mass is 10.2. The van der Waals surface area contributed by atoms with Crippen LogP contribution in [0.3, 0.4) is 0 Å². The van der Waals surface area contributed by atoms with Gasteiger partial charge in [0.15, 0.2) is 5.84 Å². The first-order chi connectivity index (χ1) is 10.9. The molecule has 0 bridgehead atoms. The number of amidine groups is 1. The van der Waals surface area contributed by atoms with Crippen molar-refractivity contribution in [3.05, 3.63) is 47.5 Å². The van der Waals surface area contributed by atoms with Gasteiger partial charge in [0.1, 0.15) is 0 Å². The molecule has 126 valence electrons. The van der Waals surface area contributed by atoms with Crippen molar-refractivity contribution in [2.24, 2.45) is 16.7 Å². The Kier molecular flexibility index (Phi) is 8.10. The molecule has 0 aromatic heterocycles. The second-order valence-electron chi connectivity index (χ2n) is 4.71. The predicted molar refractivity (Wildman–Crippen MR) is 91.7 cm³/mol. The average Bonchev–Trinajstić information content (AvgIpc) is 2.55. The monoisotopic (exact) mass is 339 g/mol. The standard InChI is InChI=1S/C8H11ClN4.C7H11NO2/c1-13(11)12-8(10)6-3-2-4-7(9)5-6;1-2-7(9)8-3-5-10-6-4-8/h2-5H,11H2,1H3,(H2,10,12);2H,1,3-6H2. The van der Waals surface area contributed by atoms with E-state index in [1.807, 2.05) is 6.07 Å². The van der Waals surface area contributed by atoms with Gasteiger partial charge in [-0.25, -0.2) is 11.0 Å². The zero-order chi connectivity index (χ0) is 17.2. The van der Waals surface area contributed by atoms with Crippen LogP contribution < -0.4 is 11.6 Å². The number of nitrogens with zero attached hydrogens (tertiary/aromatic N) is 3. The summed E-state index contributed by atoms with van der Waals surface area (Å²) in [6, 6.07) is 7.11. The fraction of sp³-hybridized carbons (Fsp3) is 0.333. The Labute approximate surface area is 141 Å². The van der Waals surface area contributed by atoms with E-state index in [4.69, 9.17) is 27.9 Å². The van der Waals surface area contributed by atoms with Crippen LogP contribution in [-0.2, 0) is 9.53 Å². The van der Waals surface area contributed by atoms with Gasteiger partial charge in [0.2, 0.25) is 5.91 Å². The maximum absolute atomic E-state index is 10.9. The fourth-order valence-corrected chi connectivity index (χ4v) is 1.98. The minimum atomic E-state index is 0.00306. The third-order valence-corrected chi connectivity index (χ3v) is 3.12. The fourth-order valence-electron chi connectivity index (χ4n) is 1.79. The summed E-state index contributed by atoms with van der Waals surface area (Å²) < 4.78 is 5.07. The van der Waals surface area contributed by atoms with Crippen LogP contribution in [-0.4, -0.2) is 55.1 Å². The number of halogens is 1. The van der Waals surface area contributed by atoms with Crippen LogP contribution in [0.15, 0.2) is 42.0 Å². The van der Waals surface area contributed by atoms with Gasteiger partial charge in [-0.3, -0.25) is 4.79 Å². The van der Waals surface area contributed by atoms with E-state index in [-0.39, 0.29) is 5.91 Å². The summed E-state index contributed by atoms with van der Waals surface area (Å²) in [6.45, 7) is 6.11. The van der Waals surface area contributed by atoms with Crippen LogP contribution in [0.2, 0.25) is 5.02 Å². The van der Waals surface area contributed by atoms with Crippen molar-refractivity contribution in [2.75, 3.05) is 33.4 Å². The van der Waals surface area contributed by atoms with Crippen LogP contribution in [0.4, 0.5) is 0 Å². The van der Waals surface area contributed by atoms with Gasteiger partial charge in [-0.05, 0) is 18.2 Å². The van der Waals surface area contributed by atoms with E-state index in [0.29, 0.717) is 37.2 Å². The number of hydrogen-bond donors (Lipinski definition) is 2. The molecule has 0 unspecified atom stereocenters. The van der Waals surface area contributed by atoms with Crippen molar-refractivity contribution < 1.29 is 9.53 Å². The smallest absolute Gasteiger partial charge is 0.246 e. The Hall–Kier alpha value is -2.09. The molecule has 0 aliphatic carbocycles. The first kappa shape index (κ1) is 19.0. The summed E-state index contributed by atoms with van der Waals surface area (Å²) in [5, 5.41) is 5.61. The Morgan fingerprint density at radius 2 is 2.13 bits per heavy atom. The quantitative estimate of drug-likeness (QED) is 0.279. The summed E-state index contributed by atoms with van der Waals surface area (Å²) >= 11 is 5.77. The van der Waals surface area contributed by atoms with Crippen molar-refractivity contribution in [3.63, 3.8) is 0 Å². The molecule has 0 saturated carbocycles. The SMILES string of the molecule is C=CC(=O)N1CCOCC1.CN(N)/N=C(\N)c1cccc(Cl)c1. The van der Waals surface area contributed by atoms with Gasteiger partial charge in [0, 0.05) is 30.7 Å². The zero-order valence-corrected chi connectivity index (χ0v) is 13.9. The zero-order valence-electron chi connectivity index (χ0n) is 13.1. The molecule has 23 heavy (non-hydrogen) atoms. The molecule has 1 amide bonds. The molecule has 1 aliphatic heterocycles. The van der Waals surface area contributed by atoms with E-state index in [1.54, 1.807) is 30.1 Å². The van der Waals surface area contributed by atoms with Gasteiger partial charge in [-0.2, -0.15) is 0 Å². The Bertz CT molecular complexity index is 557. The number of hydrazone groups is 1. The van der Waals surface area contributed by atoms with E-state index in [1.165, 1.54) is 6.08 Å². The van der Waals surface area contributed by atoms with Crippen LogP contribution in [0.25, 0.3) is 0 Å². The van der Waals surface area contributed by atoms with Crippen molar-refractivity contribution >= 4 is 23.3 Å². The Morgan fingerprint density at radius 3 is 2.65 bits per heavy atom. The van der Waals surface area contributed by atoms with Gasteiger partial charge in [-0.15, -0.1) is 5.10 Å². The topological polar surface area (TPSA) is 97.2 Å². The number of hydrazine groups is 1. The van der Waals surface area contributed by atoms with Crippen LogP contribution in [0, 0.1) is 0 Å². The molecular weight excluding hydrogens is 318 g/mol. The highest BCUT2D eigenvalue weighted by Crippen LogP contribution is 2.10. The first-order valence-corrected chi connectivity index (χ1v) is 7.39. The number of carbonyl (C=O) groups is 1. The number of amides is 1. The predicted octanol–water partition coefficient (Wildman–Crippen LogP) is 0.797. The van der Waals surface area contributed by atoms with E-state index < -0.39 is 0 Å². The van der Waals surface area contributed by atoms with E-state index in [2.05, 4.69) is 11.7 Å². The molecular formula is C15H22ClN5O2. The van der Waals surface area contributed by atoms with Crippen LogP contribution in [0.5, 0.6) is 0 Å². The van der Waals surface area contributed by atoms with Crippen molar-refractivity contribution in [2.45, 2.75) is 0 Å². The number of hydrogen-bond acceptors (Lipinski definition) is 5. The second-order valence-corrected chi connectivity index (χ2v) is 5.15. The van der Waals surface area contributed by atoms with Gasteiger partial charge in [0.25, 0.3) is 0 Å². The average molecular weight is 340 g/mol. The third kappa shape index (κ3) is 7.14. The molecule has 1 saturated heterocycles. The minimum Gasteiger partial charge on any atom is -0.382 e. The molecule has 0 atom stereocenters. The summed E-state index contributed by atoms with van der Waals surface area (Å²) in [4.78, 5) is 12.7. The normalized spacial score (nSPS) is 14.6. The first-order valence-electron chi connectivity index (χ1n) is 7.01. The van der Waals surface area contributed by atoms with Crippen LogP contribution >= 0.6 is 11.6 Å². The van der Waals surface area contributed by atoms with Gasteiger partial charge >= 0.3 is 0 Å². The maximum Gasteiger partial charge on any atom is 0.246 e. The molecule has 0 radical (unpaired) electrons. The molecule has 1 heterocycles. The molecule has 2 rings (SSSR count). The molecule has 1 aliphatic rings. The van der Waals surface area contributed by atoms with Gasteiger partial charge in [0.05, 0.1) is 13.2 Å². The largest absolute Gasteiger partial charge is 0.382 e. The molecule has 7 nitrogen and oxygen atoms in total. The highest BCUT2D eigenvalue weighted by molar-refractivity contribution is 6.31. The summed E-state index contributed by atoms with van der Waals surface area (Å²) in [5.74, 6) is 5.64. The molecule has 0 spiro atoms. The Balaban J connectivity index is 0.000000238. The molecule has 1 aromatic rings. The number of rotatable bonds is 3. The second kappa shape index (κ2) is 9.83. The van der Waals surface area contributed by atoms with Crippen molar-refractivity contribution in [1.29, 1.82) is 0 Å². The van der Waals surface area contributed by atoms with E-state index >= 15 is 0 Å². The summed E-state index contributed by atoms with van der Waals surface area (Å²) in [7, 11) is 1.59. The summed E-state index contributed by atoms with van der Waals surface area (Å²) in [6.07, 6.45) is 1.34. The highest BCUT2D eigenvalue weighted by Gasteiger charge is 2.12. The highest BCUT2D eigenvalue weighted by atomic mass is 35.5. The lowest BCUT2D eigenvalue weighted by Gasteiger charge is -2.25. The molecule has 1 fully saturated rings. The maximum atomic E-state index is 10.9. The van der Waals surface area contributed by atoms with Gasteiger partial charge in [-0.1, -0.05) is 30.3 Å². The molecule has 4 N–H and O–H groups in total. The Morgan fingerprint density at radius 1 is 1.48 bits per heavy atom. The number of benzene rings is 1. The lowest BCUT2D eigenvalue weighted by molar-refractivity contribution is -0.129. The molecule has 1 aromatic carbocycles. The lowest BCUT2D eigenvalue weighted by Crippen LogP contribution is -2.39. The van der Waals surface area contributed by atoms with Crippen molar-refractivity contribution in [1.82, 2.24) is 10.0 Å². The van der Waals surface area contributed by atoms with Gasteiger partial charge < -0.3 is 15.4 Å². The molecule has 8 heteroatoms. The van der Waals surface area contributed by atoms with E-state index in [0.717, 1.165) is 10.7 Å². The third-order valence-electron chi connectivity index (χ3n) is 2.88. The summed E-state index contributed by atoms with van der Waals surface area (Å²) in [5.41, 5.74) is 6.39. The number of nitrogens with two attached hydrogens (primary N) is 2. The minimum absolute atomic E-state index is 0.00306. The number of carbonyl (C=O) groups excluding carboxylic acids is 1. The number of ether oxygens (including phenoxy) is 1. The van der Waals surface area contributed by atoms with Crippen molar-refractivity contribution in [3.8, 4) is 0 Å². The van der Waals surface area contributed by atoms with Crippen LogP contribution in [0.1, 0.15) is 5.56 Å².